The van der Waals surface area contributed by atoms with Crippen LogP contribution in [0.2, 0.25) is 0 Å². The van der Waals surface area contributed by atoms with Gasteiger partial charge in [-0.3, -0.25) is 4.79 Å². The van der Waals surface area contributed by atoms with Crippen LogP contribution in [0.3, 0.4) is 0 Å². The molecular weight excluding hydrogens is 242 g/mol. The molecule has 0 aliphatic carbocycles. The summed E-state index contributed by atoms with van der Waals surface area (Å²) < 4.78 is 0. The summed E-state index contributed by atoms with van der Waals surface area (Å²) in [6, 6.07) is 18.4. The topological polar surface area (TPSA) is 29.1 Å². The zero-order chi connectivity index (χ0) is 12.4. The van der Waals surface area contributed by atoms with Crippen LogP contribution < -0.4 is 5.32 Å². The van der Waals surface area contributed by atoms with Gasteiger partial charge in [-0.25, -0.2) is 0 Å². The SMILES string of the molecule is O=C1CSC(c2ccccc2)c2ccccc2N1. The summed E-state index contributed by atoms with van der Waals surface area (Å²) in [5.41, 5.74) is 3.35. The largest absolute Gasteiger partial charge is 0.325 e. The quantitative estimate of drug-likeness (QED) is 0.845. The first-order chi connectivity index (χ1) is 8.84. The molecule has 0 radical (unpaired) electrons. The van der Waals surface area contributed by atoms with E-state index in [4.69, 9.17) is 0 Å². The van der Waals surface area contributed by atoms with Crippen LogP contribution in [0.1, 0.15) is 16.4 Å². The molecule has 1 N–H and O–H groups in total. The van der Waals surface area contributed by atoms with E-state index in [1.54, 1.807) is 11.8 Å². The maximum atomic E-state index is 11.7. The first-order valence-corrected chi connectivity index (χ1v) is 6.95. The highest BCUT2D eigenvalue weighted by Crippen LogP contribution is 2.40. The lowest BCUT2D eigenvalue weighted by atomic mass is 10.0. The van der Waals surface area contributed by atoms with Gasteiger partial charge in [0.15, 0.2) is 0 Å². The van der Waals surface area contributed by atoms with Crippen molar-refractivity contribution in [1.82, 2.24) is 0 Å². The fraction of sp³-hybridized carbons (Fsp3) is 0.133. The van der Waals surface area contributed by atoms with Gasteiger partial charge in [0, 0.05) is 5.69 Å². The molecule has 0 bridgehead atoms. The Morgan fingerprint density at radius 1 is 1.00 bits per heavy atom. The minimum Gasteiger partial charge on any atom is -0.325 e. The van der Waals surface area contributed by atoms with Crippen LogP contribution in [0.25, 0.3) is 0 Å². The van der Waals surface area contributed by atoms with Crippen LogP contribution in [-0.2, 0) is 4.79 Å². The number of rotatable bonds is 1. The number of anilines is 1. The van der Waals surface area contributed by atoms with Gasteiger partial charge in [0.1, 0.15) is 0 Å². The summed E-state index contributed by atoms with van der Waals surface area (Å²) in [5.74, 6) is 0.569. The maximum absolute atomic E-state index is 11.7. The number of para-hydroxylation sites is 1. The summed E-state index contributed by atoms with van der Waals surface area (Å²) >= 11 is 1.68. The van der Waals surface area contributed by atoms with Crippen LogP contribution in [-0.4, -0.2) is 11.7 Å². The van der Waals surface area contributed by atoms with E-state index in [2.05, 4.69) is 23.5 Å². The van der Waals surface area contributed by atoms with Crippen molar-refractivity contribution in [3.63, 3.8) is 0 Å². The second-order valence-electron chi connectivity index (χ2n) is 4.24. The number of carbonyl (C=O) groups is 1. The fourth-order valence-electron chi connectivity index (χ4n) is 2.18. The van der Waals surface area contributed by atoms with E-state index < -0.39 is 0 Å². The number of hydrogen-bond acceptors (Lipinski definition) is 2. The molecule has 2 nitrogen and oxygen atoms in total. The normalized spacial score (nSPS) is 18.7. The molecule has 18 heavy (non-hydrogen) atoms. The number of fused-ring (bicyclic) bond motifs is 1. The van der Waals surface area contributed by atoms with Gasteiger partial charge in [0.05, 0.1) is 11.0 Å². The van der Waals surface area contributed by atoms with E-state index in [-0.39, 0.29) is 11.2 Å². The van der Waals surface area contributed by atoms with Crippen molar-refractivity contribution in [1.29, 1.82) is 0 Å². The minimum atomic E-state index is 0.0749. The molecule has 90 valence electrons. The second kappa shape index (κ2) is 4.86. The summed E-state index contributed by atoms with van der Waals surface area (Å²) in [6.07, 6.45) is 0. The highest BCUT2D eigenvalue weighted by atomic mass is 32.2. The predicted octanol–water partition coefficient (Wildman–Crippen LogP) is 3.46. The van der Waals surface area contributed by atoms with Crippen molar-refractivity contribution in [2.24, 2.45) is 0 Å². The molecule has 1 atom stereocenters. The molecular formula is C15H13NOS. The summed E-state index contributed by atoms with van der Waals surface area (Å²) in [5, 5.41) is 3.19. The number of nitrogens with one attached hydrogen (secondary N) is 1. The lowest BCUT2D eigenvalue weighted by Gasteiger charge is -2.16. The van der Waals surface area contributed by atoms with Crippen LogP contribution >= 0.6 is 11.8 Å². The Bertz CT molecular complexity index is 568. The molecule has 3 rings (SSSR count). The van der Waals surface area contributed by atoms with Crippen LogP contribution in [0.4, 0.5) is 5.69 Å². The Morgan fingerprint density at radius 3 is 2.56 bits per heavy atom. The lowest BCUT2D eigenvalue weighted by Crippen LogP contribution is -2.12. The van der Waals surface area contributed by atoms with E-state index in [1.807, 2.05) is 36.4 Å². The zero-order valence-corrected chi connectivity index (χ0v) is 10.6. The zero-order valence-electron chi connectivity index (χ0n) is 9.80. The van der Waals surface area contributed by atoms with E-state index >= 15 is 0 Å². The third-order valence-corrected chi connectivity index (χ3v) is 4.29. The molecule has 1 unspecified atom stereocenters. The van der Waals surface area contributed by atoms with E-state index in [0.29, 0.717) is 5.75 Å². The van der Waals surface area contributed by atoms with Crippen molar-refractivity contribution in [2.45, 2.75) is 5.25 Å². The number of hydrogen-bond donors (Lipinski definition) is 1. The number of benzene rings is 2. The van der Waals surface area contributed by atoms with Gasteiger partial charge in [0.2, 0.25) is 5.91 Å². The molecule has 1 heterocycles. The van der Waals surface area contributed by atoms with Crippen molar-refractivity contribution in [3.05, 3.63) is 65.7 Å². The van der Waals surface area contributed by atoms with E-state index in [0.717, 1.165) is 5.69 Å². The molecule has 1 aliphatic rings. The molecule has 0 aromatic heterocycles. The van der Waals surface area contributed by atoms with E-state index in [9.17, 15) is 4.79 Å². The second-order valence-corrected chi connectivity index (χ2v) is 5.33. The standard InChI is InChI=1S/C15H13NOS/c17-14-10-18-15(11-6-2-1-3-7-11)12-8-4-5-9-13(12)16-14/h1-9,15H,10H2,(H,16,17). The number of thioether (sulfide) groups is 1. The highest BCUT2D eigenvalue weighted by Gasteiger charge is 2.23. The molecule has 2 aromatic rings. The Hall–Kier alpha value is -1.74. The number of carbonyl (C=O) groups excluding carboxylic acids is 1. The maximum Gasteiger partial charge on any atom is 0.234 e. The van der Waals surface area contributed by atoms with Crippen LogP contribution in [0.5, 0.6) is 0 Å². The molecule has 3 heteroatoms. The Balaban J connectivity index is 2.08. The molecule has 0 saturated heterocycles. The van der Waals surface area contributed by atoms with Crippen molar-refractivity contribution in [3.8, 4) is 0 Å². The molecule has 1 aliphatic heterocycles. The van der Waals surface area contributed by atoms with E-state index in [1.165, 1.54) is 11.1 Å². The summed E-state index contributed by atoms with van der Waals surface area (Å²) in [6.45, 7) is 0. The summed E-state index contributed by atoms with van der Waals surface area (Å²) in [7, 11) is 0. The molecule has 0 spiro atoms. The van der Waals surface area contributed by atoms with Crippen LogP contribution in [0, 0.1) is 0 Å². The predicted molar refractivity (Wildman–Crippen MR) is 75.8 cm³/mol. The molecule has 0 fully saturated rings. The average Bonchev–Trinajstić information content (AvgIpc) is 2.58. The summed E-state index contributed by atoms with van der Waals surface area (Å²) in [4.78, 5) is 11.7. The van der Waals surface area contributed by atoms with Crippen molar-refractivity contribution in [2.75, 3.05) is 11.1 Å². The number of amides is 1. The first-order valence-electron chi connectivity index (χ1n) is 5.90. The highest BCUT2D eigenvalue weighted by molar-refractivity contribution is 8.00. The average molecular weight is 255 g/mol. The molecule has 1 amide bonds. The Labute approximate surface area is 110 Å². The van der Waals surface area contributed by atoms with Gasteiger partial charge in [-0.15, -0.1) is 11.8 Å². The van der Waals surface area contributed by atoms with Gasteiger partial charge in [-0.2, -0.15) is 0 Å². The van der Waals surface area contributed by atoms with Gasteiger partial charge < -0.3 is 5.32 Å². The fourth-order valence-corrected chi connectivity index (χ4v) is 3.30. The van der Waals surface area contributed by atoms with Gasteiger partial charge in [-0.1, -0.05) is 48.5 Å². The Morgan fingerprint density at radius 2 is 1.72 bits per heavy atom. The first kappa shape index (κ1) is 11.4. The Kier molecular flexibility index (Phi) is 3.07. The monoisotopic (exact) mass is 255 g/mol. The van der Waals surface area contributed by atoms with Crippen molar-refractivity contribution < 1.29 is 4.79 Å². The lowest BCUT2D eigenvalue weighted by molar-refractivity contribution is -0.113. The van der Waals surface area contributed by atoms with Gasteiger partial charge in [-0.05, 0) is 17.2 Å². The van der Waals surface area contributed by atoms with Gasteiger partial charge >= 0.3 is 0 Å². The van der Waals surface area contributed by atoms with Gasteiger partial charge in [0.25, 0.3) is 0 Å². The smallest absolute Gasteiger partial charge is 0.234 e. The van der Waals surface area contributed by atoms with Crippen molar-refractivity contribution >= 4 is 23.4 Å². The van der Waals surface area contributed by atoms with Crippen LogP contribution in [0.15, 0.2) is 54.6 Å². The third-order valence-electron chi connectivity index (χ3n) is 3.00. The molecule has 0 saturated carbocycles. The third kappa shape index (κ3) is 2.14. The molecule has 2 aromatic carbocycles. The minimum absolute atomic E-state index is 0.0749.